The van der Waals surface area contributed by atoms with Crippen LogP contribution in [0.2, 0.25) is 0 Å². The van der Waals surface area contributed by atoms with E-state index in [1.807, 2.05) is 6.07 Å². The molecule has 1 aromatic heterocycles. The summed E-state index contributed by atoms with van der Waals surface area (Å²) in [6, 6.07) is 9.42. The Hall–Kier alpha value is -1.52. The molecular formula is C14H18N2OS. The van der Waals surface area contributed by atoms with Crippen molar-refractivity contribution in [3.63, 3.8) is 0 Å². The summed E-state index contributed by atoms with van der Waals surface area (Å²) >= 11 is 1.78. The van der Waals surface area contributed by atoms with Crippen LogP contribution in [0.25, 0.3) is 0 Å². The first-order valence-corrected chi connectivity index (χ1v) is 6.81. The maximum absolute atomic E-state index is 9.76. The highest BCUT2D eigenvalue weighted by molar-refractivity contribution is 7.09. The lowest BCUT2D eigenvalue weighted by atomic mass is 10.1. The molecule has 1 aromatic carbocycles. The lowest BCUT2D eigenvalue weighted by molar-refractivity contribution is 0.325. The molecule has 0 saturated carbocycles. The van der Waals surface area contributed by atoms with Crippen LogP contribution in [0.1, 0.15) is 10.4 Å². The van der Waals surface area contributed by atoms with Gasteiger partial charge in [0.05, 0.1) is 0 Å². The van der Waals surface area contributed by atoms with Gasteiger partial charge in [0.1, 0.15) is 5.75 Å². The molecular weight excluding hydrogens is 244 g/mol. The van der Waals surface area contributed by atoms with Crippen molar-refractivity contribution in [2.75, 3.05) is 19.3 Å². The number of nitrogen functional groups attached to an aromatic ring is 1. The number of phenols is 1. The van der Waals surface area contributed by atoms with Crippen molar-refractivity contribution in [1.29, 1.82) is 0 Å². The average molecular weight is 262 g/mol. The molecule has 0 amide bonds. The van der Waals surface area contributed by atoms with E-state index >= 15 is 0 Å². The molecule has 0 fully saturated rings. The first-order valence-electron chi connectivity index (χ1n) is 5.93. The Morgan fingerprint density at radius 1 is 1.33 bits per heavy atom. The fourth-order valence-electron chi connectivity index (χ4n) is 1.86. The van der Waals surface area contributed by atoms with Gasteiger partial charge in [0.25, 0.3) is 0 Å². The number of aromatic hydroxyl groups is 1. The zero-order valence-electron chi connectivity index (χ0n) is 10.5. The van der Waals surface area contributed by atoms with E-state index in [1.165, 1.54) is 4.88 Å². The Labute approximate surface area is 111 Å². The predicted molar refractivity (Wildman–Crippen MR) is 76.9 cm³/mol. The predicted octanol–water partition coefficient (Wildman–Crippen LogP) is 2.71. The first kappa shape index (κ1) is 12.9. The van der Waals surface area contributed by atoms with Gasteiger partial charge in [-0.2, -0.15) is 0 Å². The number of hydrogen-bond acceptors (Lipinski definition) is 4. The number of rotatable bonds is 5. The Kier molecular flexibility index (Phi) is 4.23. The number of benzene rings is 1. The van der Waals surface area contributed by atoms with Gasteiger partial charge in [-0.15, -0.1) is 11.3 Å². The second-order valence-electron chi connectivity index (χ2n) is 4.46. The van der Waals surface area contributed by atoms with Gasteiger partial charge in [-0.1, -0.05) is 6.07 Å². The minimum Gasteiger partial charge on any atom is -0.508 e. The van der Waals surface area contributed by atoms with Crippen LogP contribution in [0.4, 0.5) is 5.69 Å². The lowest BCUT2D eigenvalue weighted by Crippen LogP contribution is -2.20. The number of nitrogens with two attached hydrogens (primary N) is 1. The van der Waals surface area contributed by atoms with Gasteiger partial charge in [-0.25, -0.2) is 0 Å². The topological polar surface area (TPSA) is 49.5 Å². The Bertz CT molecular complexity index is 497. The van der Waals surface area contributed by atoms with Crippen LogP contribution >= 0.6 is 11.3 Å². The van der Waals surface area contributed by atoms with Crippen LogP contribution in [0.15, 0.2) is 35.7 Å². The van der Waals surface area contributed by atoms with Crippen molar-refractivity contribution in [3.05, 3.63) is 46.2 Å². The normalized spacial score (nSPS) is 11.0. The third-order valence-electron chi connectivity index (χ3n) is 2.86. The molecule has 3 N–H and O–H groups in total. The van der Waals surface area contributed by atoms with Gasteiger partial charge in [0.15, 0.2) is 0 Å². The number of anilines is 1. The summed E-state index contributed by atoms with van der Waals surface area (Å²) in [5, 5.41) is 11.9. The van der Waals surface area contributed by atoms with Crippen molar-refractivity contribution in [2.24, 2.45) is 0 Å². The van der Waals surface area contributed by atoms with E-state index in [9.17, 15) is 5.11 Å². The number of likely N-dealkylation sites (N-methyl/N-ethyl adjacent to an activating group) is 1. The van der Waals surface area contributed by atoms with E-state index in [0.29, 0.717) is 18.0 Å². The molecule has 2 aromatic rings. The van der Waals surface area contributed by atoms with Crippen LogP contribution in [-0.4, -0.2) is 23.6 Å². The summed E-state index contributed by atoms with van der Waals surface area (Å²) in [6.07, 6.45) is 1.04. The quantitative estimate of drug-likeness (QED) is 0.643. The minimum atomic E-state index is 0.312. The molecule has 0 saturated heterocycles. The SMILES string of the molecule is CN(CCc1cccs1)Cc1cc(N)ccc1O. The summed E-state index contributed by atoms with van der Waals surface area (Å²) in [5.74, 6) is 0.312. The largest absolute Gasteiger partial charge is 0.508 e. The molecule has 0 unspecified atom stereocenters. The second-order valence-corrected chi connectivity index (χ2v) is 5.49. The maximum Gasteiger partial charge on any atom is 0.120 e. The van der Waals surface area contributed by atoms with E-state index < -0.39 is 0 Å². The van der Waals surface area contributed by atoms with E-state index in [0.717, 1.165) is 18.5 Å². The Morgan fingerprint density at radius 2 is 2.17 bits per heavy atom. The van der Waals surface area contributed by atoms with Gasteiger partial charge in [0, 0.05) is 29.2 Å². The Morgan fingerprint density at radius 3 is 2.89 bits per heavy atom. The zero-order chi connectivity index (χ0) is 13.0. The summed E-state index contributed by atoms with van der Waals surface area (Å²) < 4.78 is 0. The van der Waals surface area contributed by atoms with E-state index in [2.05, 4.69) is 29.5 Å². The first-order chi connectivity index (χ1) is 8.65. The standard InChI is InChI=1S/C14H18N2OS/c1-16(7-6-13-3-2-8-18-13)10-11-9-12(15)4-5-14(11)17/h2-5,8-9,17H,6-7,10,15H2,1H3. The molecule has 0 bridgehead atoms. The van der Waals surface area contributed by atoms with Crippen LogP contribution < -0.4 is 5.73 Å². The molecule has 1 heterocycles. The third kappa shape index (κ3) is 3.48. The molecule has 3 nitrogen and oxygen atoms in total. The van der Waals surface area contributed by atoms with E-state index in [-0.39, 0.29) is 0 Å². The fraction of sp³-hybridized carbons (Fsp3) is 0.286. The number of phenolic OH excluding ortho intramolecular Hbond substituents is 1. The van der Waals surface area contributed by atoms with Crippen molar-refractivity contribution >= 4 is 17.0 Å². The molecule has 0 atom stereocenters. The monoisotopic (exact) mass is 262 g/mol. The molecule has 18 heavy (non-hydrogen) atoms. The molecule has 0 spiro atoms. The number of hydrogen-bond donors (Lipinski definition) is 2. The number of nitrogens with zero attached hydrogens (tertiary/aromatic N) is 1. The van der Waals surface area contributed by atoms with Crippen molar-refractivity contribution in [1.82, 2.24) is 4.90 Å². The average Bonchev–Trinajstić information content (AvgIpc) is 2.84. The molecule has 4 heteroatoms. The van der Waals surface area contributed by atoms with Gasteiger partial charge in [0.2, 0.25) is 0 Å². The van der Waals surface area contributed by atoms with Gasteiger partial charge < -0.3 is 15.7 Å². The summed E-state index contributed by atoms with van der Waals surface area (Å²) in [7, 11) is 2.05. The van der Waals surface area contributed by atoms with Gasteiger partial charge >= 0.3 is 0 Å². The minimum absolute atomic E-state index is 0.312. The highest BCUT2D eigenvalue weighted by Gasteiger charge is 2.06. The molecule has 2 rings (SSSR count). The maximum atomic E-state index is 9.76. The van der Waals surface area contributed by atoms with E-state index in [4.69, 9.17) is 5.73 Å². The molecule has 0 aliphatic rings. The Balaban J connectivity index is 1.90. The number of thiophene rings is 1. The highest BCUT2D eigenvalue weighted by Crippen LogP contribution is 2.21. The smallest absolute Gasteiger partial charge is 0.120 e. The van der Waals surface area contributed by atoms with Crippen LogP contribution in [0.5, 0.6) is 5.75 Å². The molecule has 0 aliphatic carbocycles. The highest BCUT2D eigenvalue weighted by atomic mass is 32.1. The lowest BCUT2D eigenvalue weighted by Gasteiger charge is -2.17. The van der Waals surface area contributed by atoms with Crippen molar-refractivity contribution in [3.8, 4) is 5.75 Å². The molecule has 96 valence electrons. The third-order valence-corrected chi connectivity index (χ3v) is 3.80. The second kappa shape index (κ2) is 5.89. The van der Waals surface area contributed by atoms with Gasteiger partial charge in [-0.3, -0.25) is 0 Å². The molecule has 0 aliphatic heterocycles. The van der Waals surface area contributed by atoms with Crippen molar-refractivity contribution < 1.29 is 5.11 Å². The van der Waals surface area contributed by atoms with E-state index in [1.54, 1.807) is 23.5 Å². The van der Waals surface area contributed by atoms with Gasteiger partial charge in [-0.05, 0) is 43.1 Å². The summed E-state index contributed by atoms with van der Waals surface area (Å²) in [6.45, 7) is 1.68. The van der Waals surface area contributed by atoms with Crippen LogP contribution in [0.3, 0.4) is 0 Å². The van der Waals surface area contributed by atoms with Crippen LogP contribution in [-0.2, 0) is 13.0 Å². The summed E-state index contributed by atoms with van der Waals surface area (Å²) in [4.78, 5) is 3.58. The molecule has 0 radical (unpaired) electrons. The van der Waals surface area contributed by atoms with Crippen LogP contribution in [0, 0.1) is 0 Å². The summed E-state index contributed by atoms with van der Waals surface area (Å²) in [5.41, 5.74) is 7.29. The van der Waals surface area contributed by atoms with Crippen molar-refractivity contribution in [2.45, 2.75) is 13.0 Å². The fourth-order valence-corrected chi connectivity index (χ4v) is 2.56. The zero-order valence-corrected chi connectivity index (χ0v) is 11.3.